The van der Waals surface area contributed by atoms with Gasteiger partial charge in [0.15, 0.2) is 0 Å². The van der Waals surface area contributed by atoms with Gasteiger partial charge in [-0.1, -0.05) is 35.7 Å². The maximum absolute atomic E-state index is 6.20. The maximum atomic E-state index is 6.20. The van der Waals surface area contributed by atoms with Gasteiger partial charge in [0, 0.05) is 34.1 Å². The first-order chi connectivity index (χ1) is 8.22. The number of benzene rings is 1. The molecule has 1 heterocycles. The second-order valence-electron chi connectivity index (χ2n) is 4.47. The van der Waals surface area contributed by atoms with Gasteiger partial charge in [0.05, 0.1) is 0 Å². The van der Waals surface area contributed by atoms with E-state index in [-0.39, 0.29) is 0 Å². The Morgan fingerprint density at radius 1 is 1.18 bits per heavy atom. The van der Waals surface area contributed by atoms with Crippen molar-refractivity contribution in [3.8, 4) is 0 Å². The second-order valence-corrected chi connectivity index (χ2v) is 5.60. The van der Waals surface area contributed by atoms with Crippen molar-refractivity contribution in [2.45, 2.75) is 31.8 Å². The zero-order chi connectivity index (χ0) is 12.3. The van der Waals surface area contributed by atoms with Crippen LogP contribution in [0, 0.1) is 0 Å². The third kappa shape index (κ3) is 3.29. The molecular formula is C13H16Cl3N. The summed E-state index contributed by atoms with van der Waals surface area (Å²) >= 11 is 18.4. The molecule has 1 fully saturated rings. The fourth-order valence-corrected chi connectivity index (χ4v) is 3.20. The number of piperidine rings is 1. The summed E-state index contributed by atoms with van der Waals surface area (Å²) in [6, 6.07) is 6.12. The molecule has 1 saturated heterocycles. The number of rotatable bonds is 3. The van der Waals surface area contributed by atoms with Crippen molar-refractivity contribution < 1.29 is 0 Å². The molecule has 1 aliphatic rings. The summed E-state index contributed by atoms with van der Waals surface area (Å²) < 4.78 is 0. The number of nitrogens with zero attached hydrogens (tertiary/aromatic N) is 1. The highest BCUT2D eigenvalue weighted by molar-refractivity contribution is 6.35. The molecular weight excluding hydrogens is 277 g/mol. The van der Waals surface area contributed by atoms with Gasteiger partial charge in [-0.2, -0.15) is 0 Å². The molecule has 94 valence electrons. The van der Waals surface area contributed by atoms with E-state index in [0.717, 1.165) is 28.7 Å². The molecule has 1 unspecified atom stereocenters. The van der Waals surface area contributed by atoms with Crippen molar-refractivity contribution >= 4 is 34.8 Å². The van der Waals surface area contributed by atoms with E-state index in [9.17, 15) is 0 Å². The SMILES string of the molecule is ClCC1CCCCN1Cc1c(Cl)cccc1Cl. The lowest BCUT2D eigenvalue weighted by Crippen LogP contribution is -2.40. The number of likely N-dealkylation sites (tertiary alicyclic amines) is 1. The molecule has 0 radical (unpaired) electrons. The van der Waals surface area contributed by atoms with E-state index in [1.165, 1.54) is 19.3 Å². The Bertz CT molecular complexity index is 361. The molecule has 1 nitrogen and oxygen atoms in total. The Morgan fingerprint density at radius 2 is 1.88 bits per heavy atom. The summed E-state index contributed by atoms with van der Waals surface area (Å²) in [6.45, 7) is 1.88. The largest absolute Gasteiger partial charge is 0.295 e. The Morgan fingerprint density at radius 3 is 2.53 bits per heavy atom. The summed E-state index contributed by atoms with van der Waals surface area (Å²) in [5.74, 6) is 0.683. The van der Waals surface area contributed by atoms with Crippen LogP contribution >= 0.6 is 34.8 Å². The highest BCUT2D eigenvalue weighted by Crippen LogP contribution is 2.28. The third-order valence-corrected chi connectivity index (χ3v) is 4.41. The van der Waals surface area contributed by atoms with Crippen molar-refractivity contribution in [1.29, 1.82) is 0 Å². The van der Waals surface area contributed by atoms with Gasteiger partial charge < -0.3 is 0 Å². The zero-order valence-corrected chi connectivity index (χ0v) is 11.9. The minimum absolute atomic E-state index is 0.456. The third-order valence-electron chi connectivity index (χ3n) is 3.35. The summed E-state index contributed by atoms with van der Waals surface area (Å²) in [7, 11) is 0. The quantitative estimate of drug-likeness (QED) is 0.737. The molecule has 1 atom stereocenters. The van der Waals surface area contributed by atoms with Gasteiger partial charge in [-0.05, 0) is 31.5 Å². The van der Waals surface area contributed by atoms with E-state index in [1.807, 2.05) is 18.2 Å². The van der Waals surface area contributed by atoms with Crippen molar-refractivity contribution in [2.75, 3.05) is 12.4 Å². The molecule has 2 rings (SSSR count). The van der Waals surface area contributed by atoms with E-state index >= 15 is 0 Å². The van der Waals surface area contributed by atoms with Crippen LogP contribution in [0.2, 0.25) is 10.0 Å². The van der Waals surface area contributed by atoms with Gasteiger partial charge in [0.1, 0.15) is 0 Å². The first-order valence-corrected chi connectivity index (χ1v) is 7.24. The smallest absolute Gasteiger partial charge is 0.0465 e. The van der Waals surface area contributed by atoms with Crippen LogP contribution in [0.25, 0.3) is 0 Å². The standard InChI is InChI=1S/C13H16Cl3N/c14-8-10-4-1-2-7-17(10)9-11-12(15)5-3-6-13(11)16/h3,5-6,10H,1-2,4,7-9H2. The number of halogens is 3. The highest BCUT2D eigenvalue weighted by Gasteiger charge is 2.22. The molecule has 17 heavy (non-hydrogen) atoms. The molecule has 1 aromatic rings. The Balaban J connectivity index is 2.13. The van der Waals surface area contributed by atoms with Crippen LogP contribution < -0.4 is 0 Å². The van der Waals surface area contributed by atoms with E-state index in [1.54, 1.807) is 0 Å². The van der Waals surface area contributed by atoms with E-state index in [4.69, 9.17) is 34.8 Å². The molecule has 0 amide bonds. The number of hydrogen-bond donors (Lipinski definition) is 0. The fraction of sp³-hybridized carbons (Fsp3) is 0.538. The van der Waals surface area contributed by atoms with Gasteiger partial charge in [-0.15, -0.1) is 11.6 Å². The van der Waals surface area contributed by atoms with Gasteiger partial charge in [-0.3, -0.25) is 4.90 Å². The first kappa shape index (κ1) is 13.5. The first-order valence-electron chi connectivity index (χ1n) is 5.95. The van der Waals surface area contributed by atoms with Crippen molar-refractivity contribution in [1.82, 2.24) is 4.90 Å². The Hall–Kier alpha value is 0.0500. The van der Waals surface area contributed by atoms with Gasteiger partial charge in [-0.25, -0.2) is 0 Å². The zero-order valence-electron chi connectivity index (χ0n) is 9.63. The van der Waals surface area contributed by atoms with E-state index < -0.39 is 0 Å². The highest BCUT2D eigenvalue weighted by atomic mass is 35.5. The van der Waals surface area contributed by atoms with E-state index in [2.05, 4.69) is 4.90 Å². The molecule has 0 aromatic heterocycles. The van der Waals surface area contributed by atoms with Gasteiger partial charge in [0.2, 0.25) is 0 Å². The molecule has 0 N–H and O–H groups in total. The van der Waals surface area contributed by atoms with Crippen LogP contribution in [-0.2, 0) is 6.54 Å². The van der Waals surface area contributed by atoms with Crippen molar-refractivity contribution in [3.05, 3.63) is 33.8 Å². The summed E-state index contributed by atoms with van der Waals surface area (Å²) in [4.78, 5) is 2.39. The average Bonchev–Trinajstić information content (AvgIpc) is 2.34. The second kappa shape index (κ2) is 6.29. The minimum Gasteiger partial charge on any atom is -0.295 e. The summed E-state index contributed by atoms with van der Waals surface area (Å²) in [5, 5.41) is 1.49. The molecule has 0 aliphatic carbocycles. The van der Waals surface area contributed by atoms with Crippen LogP contribution in [0.4, 0.5) is 0 Å². The number of hydrogen-bond acceptors (Lipinski definition) is 1. The Kier molecular flexibility index (Phi) is 4.98. The monoisotopic (exact) mass is 291 g/mol. The van der Waals surface area contributed by atoms with Crippen LogP contribution in [0.1, 0.15) is 24.8 Å². The van der Waals surface area contributed by atoms with E-state index in [0.29, 0.717) is 11.9 Å². The summed E-state index contributed by atoms with van der Waals surface area (Å²) in [6.07, 6.45) is 3.67. The lowest BCUT2D eigenvalue weighted by atomic mass is 10.0. The van der Waals surface area contributed by atoms with Crippen molar-refractivity contribution in [2.24, 2.45) is 0 Å². The average molecular weight is 293 g/mol. The lowest BCUT2D eigenvalue weighted by molar-refractivity contribution is 0.155. The molecule has 4 heteroatoms. The summed E-state index contributed by atoms with van der Waals surface area (Å²) in [5.41, 5.74) is 1.02. The maximum Gasteiger partial charge on any atom is 0.0465 e. The molecule has 0 saturated carbocycles. The molecule has 1 aliphatic heterocycles. The van der Waals surface area contributed by atoms with Crippen molar-refractivity contribution in [3.63, 3.8) is 0 Å². The molecule has 0 spiro atoms. The van der Waals surface area contributed by atoms with Crippen LogP contribution in [-0.4, -0.2) is 23.4 Å². The normalized spacial score (nSPS) is 21.7. The lowest BCUT2D eigenvalue weighted by Gasteiger charge is -2.34. The predicted molar refractivity (Wildman–Crippen MR) is 75.2 cm³/mol. The Labute approximate surface area is 118 Å². The molecule has 0 bridgehead atoms. The van der Waals surface area contributed by atoms with Gasteiger partial charge in [0.25, 0.3) is 0 Å². The van der Waals surface area contributed by atoms with Gasteiger partial charge >= 0.3 is 0 Å². The number of alkyl halides is 1. The topological polar surface area (TPSA) is 3.24 Å². The molecule has 1 aromatic carbocycles. The van der Waals surface area contributed by atoms with Crippen LogP contribution in [0.5, 0.6) is 0 Å². The minimum atomic E-state index is 0.456. The predicted octanol–water partition coefficient (Wildman–Crippen LogP) is 4.59. The van der Waals surface area contributed by atoms with Crippen LogP contribution in [0.15, 0.2) is 18.2 Å². The van der Waals surface area contributed by atoms with Crippen LogP contribution in [0.3, 0.4) is 0 Å². The fourth-order valence-electron chi connectivity index (χ4n) is 2.33.